The number of guanidine groups is 1. The van der Waals surface area contributed by atoms with Crippen LogP contribution in [0.3, 0.4) is 0 Å². The number of benzene rings is 1. The summed E-state index contributed by atoms with van der Waals surface area (Å²) >= 11 is 1.41. The number of sulfone groups is 1. The molecule has 0 saturated carbocycles. The number of hydrogen-bond donors (Lipinski definition) is 2. The average molecular weight is 360 g/mol. The van der Waals surface area contributed by atoms with Gasteiger partial charge in [-0.25, -0.2) is 8.42 Å². The highest BCUT2D eigenvalue weighted by Crippen LogP contribution is 2.31. The molecule has 6 nitrogen and oxygen atoms in total. The maximum atomic E-state index is 12.0. The molecule has 4 N–H and O–H groups in total. The van der Waals surface area contributed by atoms with Gasteiger partial charge in [0.25, 0.3) is 5.91 Å². The second-order valence-electron chi connectivity index (χ2n) is 4.30. The van der Waals surface area contributed by atoms with Gasteiger partial charge in [-0.1, -0.05) is 12.1 Å². The van der Waals surface area contributed by atoms with Crippen LogP contribution in [0.15, 0.2) is 45.6 Å². The molecule has 0 saturated heterocycles. The van der Waals surface area contributed by atoms with Crippen LogP contribution in [-0.4, -0.2) is 26.5 Å². The fourth-order valence-electron chi connectivity index (χ4n) is 1.78. The second kappa shape index (κ2) is 6.91. The molecule has 0 radical (unpaired) electrons. The number of nitrogens with zero attached hydrogens (tertiary/aromatic N) is 1. The van der Waals surface area contributed by atoms with Crippen molar-refractivity contribution in [1.29, 1.82) is 0 Å². The quantitative estimate of drug-likeness (QED) is 0.638. The van der Waals surface area contributed by atoms with E-state index in [1.165, 1.54) is 23.5 Å². The van der Waals surface area contributed by atoms with Crippen molar-refractivity contribution in [2.24, 2.45) is 16.5 Å². The summed E-state index contributed by atoms with van der Waals surface area (Å²) < 4.78 is 23.9. The van der Waals surface area contributed by atoms with E-state index in [1.54, 1.807) is 6.07 Å². The molecule has 0 fully saturated rings. The van der Waals surface area contributed by atoms with Crippen LogP contribution in [0, 0.1) is 0 Å². The molecule has 2 aromatic rings. The fraction of sp³-hybridized carbons (Fsp3) is 0.0769. The number of hydrogen-bond acceptors (Lipinski definition) is 4. The zero-order valence-corrected chi connectivity index (χ0v) is 14.0. The molecule has 0 aliphatic carbocycles. The van der Waals surface area contributed by atoms with E-state index < -0.39 is 15.7 Å². The summed E-state index contributed by atoms with van der Waals surface area (Å²) in [5.41, 5.74) is 11.0. The van der Waals surface area contributed by atoms with Gasteiger partial charge in [0.15, 0.2) is 15.8 Å². The molecule has 0 aliphatic heterocycles. The van der Waals surface area contributed by atoms with E-state index in [4.69, 9.17) is 11.5 Å². The average Bonchev–Trinajstić information content (AvgIpc) is 2.89. The third-order valence-electron chi connectivity index (χ3n) is 2.65. The summed E-state index contributed by atoms with van der Waals surface area (Å²) in [5, 5.41) is 1.85. The van der Waals surface area contributed by atoms with E-state index in [9.17, 15) is 13.2 Å². The maximum Gasteiger partial charge on any atom is 0.280 e. The van der Waals surface area contributed by atoms with Crippen LogP contribution in [0.25, 0.3) is 10.4 Å². The Balaban J connectivity index is 0.00000242. The van der Waals surface area contributed by atoms with Gasteiger partial charge in [-0.2, -0.15) is 4.99 Å². The molecule has 118 valence electrons. The number of nitrogens with two attached hydrogens (primary N) is 2. The Kier molecular flexibility index (Phi) is 5.70. The van der Waals surface area contributed by atoms with Crippen molar-refractivity contribution < 1.29 is 13.2 Å². The van der Waals surface area contributed by atoms with E-state index in [-0.39, 0.29) is 28.8 Å². The first-order valence-corrected chi connectivity index (χ1v) is 8.58. The van der Waals surface area contributed by atoms with E-state index in [0.717, 1.165) is 11.1 Å². The molecule has 9 heteroatoms. The van der Waals surface area contributed by atoms with Crippen molar-refractivity contribution in [3.05, 3.63) is 41.3 Å². The Bertz CT molecular complexity index is 811. The maximum absolute atomic E-state index is 12.0. The van der Waals surface area contributed by atoms with Crippen molar-refractivity contribution in [2.75, 3.05) is 6.26 Å². The van der Waals surface area contributed by atoms with E-state index in [2.05, 4.69) is 4.99 Å². The lowest BCUT2D eigenvalue weighted by Gasteiger charge is -2.08. The highest BCUT2D eigenvalue weighted by Gasteiger charge is 2.18. The Morgan fingerprint density at radius 3 is 2.41 bits per heavy atom. The predicted molar refractivity (Wildman–Crippen MR) is 90.3 cm³/mol. The lowest BCUT2D eigenvalue weighted by molar-refractivity contribution is 0.100. The van der Waals surface area contributed by atoms with Gasteiger partial charge in [0, 0.05) is 22.3 Å². The van der Waals surface area contributed by atoms with Gasteiger partial charge < -0.3 is 11.5 Å². The minimum atomic E-state index is -3.50. The normalized spacial score (nSPS) is 10.6. The predicted octanol–water partition coefficient (Wildman–Crippen LogP) is 1.65. The first-order chi connectivity index (χ1) is 9.79. The van der Waals surface area contributed by atoms with E-state index in [1.807, 2.05) is 17.5 Å². The molecule has 1 aromatic carbocycles. The van der Waals surface area contributed by atoms with Crippen LogP contribution in [0.1, 0.15) is 10.4 Å². The molecule has 1 heterocycles. The summed E-state index contributed by atoms with van der Waals surface area (Å²) in [5.74, 6) is -1.05. The Hall–Kier alpha value is -1.90. The molecule has 1 aromatic heterocycles. The summed E-state index contributed by atoms with van der Waals surface area (Å²) in [4.78, 5) is 16.1. The molecular formula is C13H14ClN3O3S2. The molecule has 0 unspecified atom stereocenters. The number of carbonyl (C=O) groups is 1. The molecular weight excluding hydrogens is 346 g/mol. The SMILES string of the molecule is CS(=O)(=O)c1cc(C(=O)N=C(N)N)ccc1-c1cccs1.Cl. The molecule has 0 bridgehead atoms. The lowest BCUT2D eigenvalue weighted by atomic mass is 10.1. The molecule has 0 aliphatic rings. The summed E-state index contributed by atoms with van der Waals surface area (Å²) in [6.07, 6.45) is 1.09. The smallest absolute Gasteiger partial charge is 0.280 e. The van der Waals surface area contributed by atoms with Crippen LogP contribution in [0.2, 0.25) is 0 Å². The van der Waals surface area contributed by atoms with Gasteiger partial charge in [-0.3, -0.25) is 4.79 Å². The topological polar surface area (TPSA) is 116 Å². The highest BCUT2D eigenvalue weighted by atomic mass is 35.5. The van der Waals surface area contributed by atoms with Crippen LogP contribution < -0.4 is 11.5 Å². The number of carbonyl (C=O) groups excluding carboxylic acids is 1. The van der Waals surface area contributed by atoms with Crippen LogP contribution >= 0.6 is 23.7 Å². The monoisotopic (exact) mass is 359 g/mol. The zero-order valence-electron chi connectivity index (χ0n) is 11.5. The van der Waals surface area contributed by atoms with E-state index in [0.29, 0.717) is 5.56 Å². The van der Waals surface area contributed by atoms with E-state index >= 15 is 0 Å². The van der Waals surface area contributed by atoms with Crippen molar-refractivity contribution in [3.63, 3.8) is 0 Å². The summed E-state index contributed by atoms with van der Waals surface area (Å²) in [6.45, 7) is 0. The minimum Gasteiger partial charge on any atom is -0.370 e. The summed E-state index contributed by atoms with van der Waals surface area (Å²) in [6, 6.07) is 8.01. The number of amides is 1. The van der Waals surface area contributed by atoms with Gasteiger partial charge in [0.1, 0.15) is 0 Å². The Labute approximate surface area is 138 Å². The van der Waals surface area contributed by atoms with Crippen molar-refractivity contribution in [2.45, 2.75) is 4.90 Å². The standard InChI is InChI=1S/C13H13N3O3S2.ClH/c1-21(18,19)11-7-8(12(17)16-13(14)15)4-5-9(11)10-3-2-6-20-10;/h2-7H,1H3,(H4,14,15,16,17);1H. The van der Waals surface area contributed by atoms with Gasteiger partial charge in [-0.15, -0.1) is 23.7 Å². The molecule has 22 heavy (non-hydrogen) atoms. The number of halogens is 1. The second-order valence-corrected chi connectivity index (χ2v) is 7.23. The molecule has 0 atom stereocenters. The largest absolute Gasteiger partial charge is 0.370 e. The number of aliphatic imine (C=N–C) groups is 1. The number of thiophene rings is 1. The zero-order chi connectivity index (χ0) is 15.6. The first-order valence-electron chi connectivity index (χ1n) is 5.81. The highest BCUT2D eigenvalue weighted by molar-refractivity contribution is 7.90. The van der Waals surface area contributed by atoms with Crippen molar-refractivity contribution in [3.8, 4) is 10.4 Å². The van der Waals surface area contributed by atoms with Gasteiger partial charge in [0.2, 0.25) is 0 Å². The van der Waals surface area contributed by atoms with Crippen LogP contribution in [-0.2, 0) is 9.84 Å². The van der Waals surface area contributed by atoms with Crippen LogP contribution in [0.5, 0.6) is 0 Å². The Morgan fingerprint density at radius 1 is 1.23 bits per heavy atom. The fourth-order valence-corrected chi connectivity index (χ4v) is 3.53. The van der Waals surface area contributed by atoms with Crippen molar-refractivity contribution in [1.82, 2.24) is 0 Å². The third kappa shape index (κ3) is 4.06. The Morgan fingerprint density at radius 2 is 1.91 bits per heavy atom. The van der Waals surface area contributed by atoms with Crippen LogP contribution in [0.4, 0.5) is 0 Å². The lowest BCUT2D eigenvalue weighted by Crippen LogP contribution is -2.24. The van der Waals surface area contributed by atoms with Gasteiger partial charge in [-0.05, 0) is 23.6 Å². The van der Waals surface area contributed by atoms with Gasteiger partial charge >= 0.3 is 0 Å². The van der Waals surface area contributed by atoms with Gasteiger partial charge in [0.05, 0.1) is 4.90 Å². The molecule has 2 rings (SSSR count). The molecule has 1 amide bonds. The number of rotatable bonds is 3. The summed E-state index contributed by atoms with van der Waals surface area (Å²) in [7, 11) is -3.50. The first kappa shape index (κ1) is 18.1. The minimum absolute atomic E-state index is 0. The third-order valence-corrected chi connectivity index (χ3v) is 4.69. The van der Waals surface area contributed by atoms with Crippen molar-refractivity contribution >= 4 is 45.4 Å². The molecule has 0 spiro atoms.